The maximum absolute atomic E-state index is 6.54. The summed E-state index contributed by atoms with van der Waals surface area (Å²) in [7, 11) is 0. The minimum absolute atomic E-state index is 0.546. The number of furan rings is 2. The first-order valence-electron chi connectivity index (χ1n) is 18.3. The molecule has 0 aliphatic heterocycles. The predicted molar refractivity (Wildman–Crippen MR) is 223 cm³/mol. The molecule has 8 aromatic carbocycles. The summed E-state index contributed by atoms with van der Waals surface area (Å²) in [5.41, 5.74) is 9.01. The molecule has 55 heavy (non-hydrogen) atoms. The van der Waals surface area contributed by atoms with Gasteiger partial charge in [0.2, 0.25) is 0 Å². The van der Waals surface area contributed by atoms with E-state index in [1.165, 1.54) is 21.5 Å². The molecule has 0 bridgehead atoms. The molecule has 12 aromatic rings. The van der Waals surface area contributed by atoms with Gasteiger partial charge in [-0.05, 0) is 71.4 Å². The molecule has 0 saturated carbocycles. The molecule has 0 spiro atoms. The van der Waals surface area contributed by atoms with E-state index >= 15 is 0 Å². The maximum atomic E-state index is 6.54. The topological polar surface area (TPSA) is 69.9 Å². The summed E-state index contributed by atoms with van der Waals surface area (Å²) < 4.78 is 15.1. The largest absolute Gasteiger partial charge is 0.456 e. The van der Waals surface area contributed by atoms with Crippen LogP contribution in [0.3, 0.4) is 0 Å². The molecule has 0 radical (unpaired) electrons. The summed E-state index contributed by atoms with van der Waals surface area (Å²) in [6, 6.07) is 58.7. The number of aromatic nitrogens is 4. The lowest BCUT2D eigenvalue weighted by molar-refractivity contribution is 0.668. The maximum Gasteiger partial charge on any atom is 0.166 e. The summed E-state index contributed by atoms with van der Waals surface area (Å²) in [6.07, 6.45) is 0. The van der Waals surface area contributed by atoms with Crippen LogP contribution in [0.4, 0.5) is 0 Å². The molecule has 6 nitrogen and oxygen atoms in total. The van der Waals surface area contributed by atoms with Gasteiger partial charge in [-0.2, -0.15) is 0 Å². The SMILES string of the molecule is c1ccc(-c2nc(-c3ccc4oc5ccccc5c4c3)nc(-c3cc4oc5ccccc5c4cc3-n3c4ccccc4c4cc5ccccc5cc43)n2)cc1. The standard InChI is InChI=1S/C49H28N4O2/c1-2-12-29(13-3-1)47-50-48(32-22-23-45-37(25-32)34-17-7-10-20-43(34)54-45)52-49(51-47)39-28-46-38(35-18-8-11-21-44(35)55-46)27-42(39)53-40-19-9-6-16-33(40)36-24-30-14-4-5-15-31(30)26-41(36)53/h1-28H. The van der Waals surface area contributed by atoms with Crippen LogP contribution in [-0.4, -0.2) is 19.5 Å². The zero-order chi connectivity index (χ0) is 36.0. The highest BCUT2D eigenvalue weighted by Crippen LogP contribution is 2.42. The second kappa shape index (κ2) is 11.5. The van der Waals surface area contributed by atoms with Crippen LogP contribution in [0.5, 0.6) is 0 Å². The number of hydrogen-bond acceptors (Lipinski definition) is 5. The second-order valence-corrected chi connectivity index (χ2v) is 14.0. The van der Waals surface area contributed by atoms with Gasteiger partial charge in [0.15, 0.2) is 17.5 Å². The molecule has 4 aromatic heterocycles. The average Bonchev–Trinajstić information content (AvgIpc) is 3.91. The fraction of sp³-hybridized carbons (Fsp3) is 0. The van der Waals surface area contributed by atoms with Gasteiger partial charge in [0.05, 0.1) is 16.7 Å². The van der Waals surface area contributed by atoms with E-state index in [0.717, 1.165) is 77.3 Å². The molecule has 0 saturated heterocycles. The lowest BCUT2D eigenvalue weighted by atomic mass is 10.0. The average molecular weight is 705 g/mol. The van der Waals surface area contributed by atoms with Gasteiger partial charge >= 0.3 is 0 Å². The van der Waals surface area contributed by atoms with Crippen LogP contribution < -0.4 is 0 Å². The number of para-hydroxylation sites is 3. The first-order valence-corrected chi connectivity index (χ1v) is 18.3. The third-order valence-corrected chi connectivity index (χ3v) is 10.8. The van der Waals surface area contributed by atoms with Crippen molar-refractivity contribution in [1.29, 1.82) is 0 Å². The molecule has 6 heteroatoms. The van der Waals surface area contributed by atoms with Gasteiger partial charge in [0.1, 0.15) is 22.3 Å². The monoisotopic (exact) mass is 704 g/mol. The number of nitrogens with zero attached hydrogens (tertiary/aromatic N) is 4. The first kappa shape index (κ1) is 29.9. The minimum atomic E-state index is 0.546. The lowest BCUT2D eigenvalue weighted by Gasteiger charge is -2.15. The molecule has 0 fully saturated rings. The summed E-state index contributed by atoms with van der Waals surface area (Å²) in [4.78, 5) is 15.7. The van der Waals surface area contributed by atoms with Crippen molar-refractivity contribution in [2.24, 2.45) is 0 Å². The van der Waals surface area contributed by atoms with Gasteiger partial charge in [-0.25, -0.2) is 15.0 Å². The molecule has 0 atom stereocenters. The summed E-state index contributed by atoms with van der Waals surface area (Å²) in [5, 5.41) is 8.87. The molecule has 256 valence electrons. The van der Waals surface area contributed by atoms with E-state index in [0.29, 0.717) is 17.5 Å². The van der Waals surface area contributed by atoms with Crippen LogP contribution in [0.2, 0.25) is 0 Å². The van der Waals surface area contributed by atoms with E-state index in [9.17, 15) is 0 Å². The van der Waals surface area contributed by atoms with Crippen molar-refractivity contribution in [3.8, 4) is 39.9 Å². The lowest BCUT2D eigenvalue weighted by Crippen LogP contribution is -2.04. The van der Waals surface area contributed by atoms with Gasteiger partial charge in [-0.3, -0.25) is 0 Å². The Morgan fingerprint density at radius 3 is 1.71 bits per heavy atom. The van der Waals surface area contributed by atoms with Crippen molar-refractivity contribution < 1.29 is 8.83 Å². The van der Waals surface area contributed by atoms with Crippen LogP contribution in [0, 0.1) is 0 Å². The fourth-order valence-electron chi connectivity index (χ4n) is 8.25. The molecular weight excluding hydrogens is 677 g/mol. The Bertz CT molecular complexity index is 3500. The second-order valence-electron chi connectivity index (χ2n) is 14.0. The van der Waals surface area contributed by atoms with Gasteiger partial charge < -0.3 is 13.4 Å². The minimum Gasteiger partial charge on any atom is -0.456 e. The Hall–Kier alpha value is -7.57. The van der Waals surface area contributed by atoms with Gasteiger partial charge in [-0.15, -0.1) is 0 Å². The summed E-state index contributed by atoms with van der Waals surface area (Å²) >= 11 is 0. The van der Waals surface area contributed by atoms with E-state index in [1.807, 2.05) is 72.8 Å². The quantitative estimate of drug-likeness (QED) is 0.182. The van der Waals surface area contributed by atoms with Crippen LogP contribution in [0.25, 0.3) is 116 Å². The summed E-state index contributed by atoms with van der Waals surface area (Å²) in [5.74, 6) is 1.70. The van der Waals surface area contributed by atoms with Crippen LogP contribution in [0.15, 0.2) is 179 Å². The van der Waals surface area contributed by atoms with Crippen LogP contribution in [-0.2, 0) is 0 Å². The molecule has 4 heterocycles. The zero-order valence-electron chi connectivity index (χ0n) is 29.3. The molecule has 0 amide bonds. The first-order chi connectivity index (χ1) is 27.2. The fourth-order valence-corrected chi connectivity index (χ4v) is 8.25. The smallest absolute Gasteiger partial charge is 0.166 e. The predicted octanol–water partition coefficient (Wildman–Crippen LogP) is 12.9. The highest BCUT2D eigenvalue weighted by Gasteiger charge is 2.23. The molecule has 0 aliphatic rings. The normalized spacial score (nSPS) is 12.0. The Morgan fingerprint density at radius 2 is 0.927 bits per heavy atom. The van der Waals surface area contributed by atoms with Crippen molar-refractivity contribution in [2.75, 3.05) is 0 Å². The molecular formula is C49H28N4O2. The molecule has 12 rings (SSSR count). The van der Waals surface area contributed by atoms with Crippen molar-refractivity contribution in [3.63, 3.8) is 0 Å². The van der Waals surface area contributed by atoms with Gasteiger partial charge in [-0.1, -0.05) is 109 Å². The van der Waals surface area contributed by atoms with E-state index in [2.05, 4.69) is 102 Å². The number of benzene rings is 8. The Balaban J connectivity index is 1.19. The Kier molecular flexibility index (Phi) is 6.24. The van der Waals surface area contributed by atoms with Crippen molar-refractivity contribution >= 4 is 76.5 Å². The highest BCUT2D eigenvalue weighted by molar-refractivity contribution is 6.15. The van der Waals surface area contributed by atoms with E-state index in [1.54, 1.807) is 0 Å². The highest BCUT2D eigenvalue weighted by atomic mass is 16.3. The Morgan fingerprint density at radius 1 is 0.345 bits per heavy atom. The van der Waals surface area contributed by atoms with Crippen molar-refractivity contribution in [3.05, 3.63) is 170 Å². The third-order valence-electron chi connectivity index (χ3n) is 10.8. The third kappa shape index (κ3) is 4.58. The van der Waals surface area contributed by atoms with Gasteiger partial charge in [0.25, 0.3) is 0 Å². The van der Waals surface area contributed by atoms with E-state index < -0.39 is 0 Å². The summed E-state index contributed by atoms with van der Waals surface area (Å²) in [6.45, 7) is 0. The van der Waals surface area contributed by atoms with Crippen molar-refractivity contribution in [2.45, 2.75) is 0 Å². The number of rotatable bonds is 4. The van der Waals surface area contributed by atoms with Gasteiger partial charge in [0, 0.05) is 49.0 Å². The van der Waals surface area contributed by atoms with E-state index in [4.69, 9.17) is 23.8 Å². The van der Waals surface area contributed by atoms with Crippen LogP contribution >= 0.6 is 0 Å². The number of fused-ring (bicyclic) bond motifs is 10. The number of hydrogen-bond donors (Lipinski definition) is 0. The van der Waals surface area contributed by atoms with E-state index in [-0.39, 0.29) is 0 Å². The van der Waals surface area contributed by atoms with Crippen LogP contribution in [0.1, 0.15) is 0 Å². The zero-order valence-corrected chi connectivity index (χ0v) is 29.3. The van der Waals surface area contributed by atoms with Crippen molar-refractivity contribution in [1.82, 2.24) is 19.5 Å². The molecule has 0 N–H and O–H groups in total. The molecule has 0 aliphatic carbocycles. The molecule has 0 unspecified atom stereocenters. The Labute approximate surface area is 313 Å².